The Hall–Kier alpha value is -1.99. The monoisotopic (exact) mass is 404 g/mol. The zero-order valence-corrected chi connectivity index (χ0v) is 17.2. The SMILES string of the molecule is CSc1ccc(CN(C)C(=O)c2cccc(N3CCCCS3(=O)=O)c2)cc1. The number of thioether (sulfide) groups is 1. The van der Waals surface area contributed by atoms with Crippen molar-refractivity contribution in [2.45, 2.75) is 24.3 Å². The second-order valence-electron chi connectivity index (χ2n) is 6.65. The van der Waals surface area contributed by atoms with Crippen LogP contribution in [0.15, 0.2) is 53.4 Å². The highest BCUT2D eigenvalue weighted by molar-refractivity contribution is 7.98. The molecule has 7 heteroatoms. The molecule has 0 spiro atoms. The van der Waals surface area contributed by atoms with Crippen LogP contribution >= 0.6 is 11.8 Å². The summed E-state index contributed by atoms with van der Waals surface area (Å²) in [5.41, 5.74) is 2.12. The van der Waals surface area contributed by atoms with Crippen LogP contribution in [0.3, 0.4) is 0 Å². The number of hydrogen-bond donors (Lipinski definition) is 0. The van der Waals surface area contributed by atoms with Crippen molar-refractivity contribution in [2.24, 2.45) is 0 Å². The smallest absolute Gasteiger partial charge is 0.253 e. The molecule has 1 amide bonds. The topological polar surface area (TPSA) is 57.7 Å². The lowest BCUT2D eigenvalue weighted by Gasteiger charge is -2.28. The Morgan fingerprint density at radius 3 is 2.56 bits per heavy atom. The molecule has 0 N–H and O–H groups in total. The van der Waals surface area contributed by atoms with Crippen LogP contribution in [-0.2, 0) is 16.6 Å². The first-order valence-electron chi connectivity index (χ1n) is 8.89. The van der Waals surface area contributed by atoms with E-state index in [1.165, 1.54) is 9.20 Å². The molecule has 27 heavy (non-hydrogen) atoms. The molecule has 1 aliphatic heterocycles. The van der Waals surface area contributed by atoms with Crippen molar-refractivity contribution in [1.82, 2.24) is 4.90 Å². The minimum atomic E-state index is -3.29. The summed E-state index contributed by atoms with van der Waals surface area (Å²) in [6.07, 6.45) is 3.55. The molecule has 0 atom stereocenters. The summed E-state index contributed by atoms with van der Waals surface area (Å²) in [6.45, 7) is 0.970. The Bertz CT molecular complexity index is 911. The van der Waals surface area contributed by atoms with Gasteiger partial charge in [0.2, 0.25) is 10.0 Å². The van der Waals surface area contributed by atoms with E-state index in [1.807, 2.05) is 30.5 Å². The third-order valence-corrected chi connectivity index (χ3v) is 7.27. The van der Waals surface area contributed by atoms with E-state index in [4.69, 9.17) is 0 Å². The van der Waals surface area contributed by atoms with Crippen molar-refractivity contribution in [2.75, 3.05) is 29.9 Å². The molecule has 2 aromatic carbocycles. The third-order valence-electron chi connectivity index (χ3n) is 4.66. The normalized spacial score (nSPS) is 16.1. The average Bonchev–Trinajstić information content (AvgIpc) is 2.67. The number of anilines is 1. The number of benzene rings is 2. The number of nitrogens with zero attached hydrogens (tertiary/aromatic N) is 2. The first kappa shape index (κ1) is 19.8. The van der Waals surface area contributed by atoms with Crippen LogP contribution < -0.4 is 4.31 Å². The fourth-order valence-corrected chi connectivity index (χ4v) is 5.21. The van der Waals surface area contributed by atoms with Gasteiger partial charge >= 0.3 is 0 Å². The van der Waals surface area contributed by atoms with Crippen molar-refractivity contribution < 1.29 is 13.2 Å². The summed E-state index contributed by atoms with van der Waals surface area (Å²) >= 11 is 1.68. The molecule has 144 valence electrons. The summed E-state index contributed by atoms with van der Waals surface area (Å²) in [6, 6.07) is 15.0. The van der Waals surface area contributed by atoms with Gasteiger partial charge in [-0.1, -0.05) is 18.2 Å². The van der Waals surface area contributed by atoms with Gasteiger partial charge in [0.05, 0.1) is 11.4 Å². The van der Waals surface area contributed by atoms with E-state index in [0.717, 1.165) is 12.0 Å². The Labute approximate surface area is 165 Å². The largest absolute Gasteiger partial charge is 0.337 e. The predicted octanol–water partition coefficient (Wildman–Crippen LogP) is 3.61. The molecule has 0 radical (unpaired) electrons. The predicted molar refractivity (Wildman–Crippen MR) is 111 cm³/mol. The second kappa shape index (κ2) is 8.35. The van der Waals surface area contributed by atoms with Gasteiger partial charge in [-0.3, -0.25) is 9.10 Å². The van der Waals surface area contributed by atoms with Crippen LogP contribution in [-0.4, -0.2) is 44.8 Å². The lowest BCUT2D eigenvalue weighted by molar-refractivity contribution is 0.0785. The van der Waals surface area contributed by atoms with E-state index in [2.05, 4.69) is 0 Å². The zero-order valence-electron chi connectivity index (χ0n) is 15.6. The molecular weight excluding hydrogens is 380 g/mol. The number of hydrogen-bond acceptors (Lipinski definition) is 4. The second-order valence-corrected chi connectivity index (χ2v) is 9.55. The van der Waals surface area contributed by atoms with Gasteiger partial charge in [-0.15, -0.1) is 11.8 Å². The van der Waals surface area contributed by atoms with E-state index in [9.17, 15) is 13.2 Å². The van der Waals surface area contributed by atoms with Crippen LogP contribution in [0.25, 0.3) is 0 Å². The van der Waals surface area contributed by atoms with E-state index in [0.29, 0.717) is 30.8 Å². The van der Waals surface area contributed by atoms with Gasteiger partial charge in [-0.2, -0.15) is 0 Å². The Morgan fingerprint density at radius 2 is 1.89 bits per heavy atom. The molecule has 5 nitrogen and oxygen atoms in total. The molecule has 1 aliphatic rings. The summed E-state index contributed by atoms with van der Waals surface area (Å²) in [7, 11) is -1.53. The molecule has 0 saturated carbocycles. The van der Waals surface area contributed by atoms with E-state index < -0.39 is 10.0 Å². The minimum absolute atomic E-state index is 0.125. The fourth-order valence-electron chi connectivity index (χ4n) is 3.17. The van der Waals surface area contributed by atoms with Crippen LogP contribution in [0.2, 0.25) is 0 Å². The number of amides is 1. The Balaban J connectivity index is 1.76. The maximum atomic E-state index is 12.8. The standard InChI is InChI=1S/C20H24N2O3S2/c1-21(15-16-8-10-19(26-2)11-9-16)20(23)17-6-5-7-18(14-17)22-12-3-4-13-27(22,24)25/h5-11,14H,3-4,12-13,15H2,1-2H3. The first-order chi connectivity index (χ1) is 12.9. The summed E-state index contributed by atoms with van der Waals surface area (Å²) in [5.74, 6) is 0.0390. The summed E-state index contributed by atoms with van der Waals surface area (Å²) in [5, 5.41) is 0. The molecule has 1 heterocycles. The minimum Gasteiger partial charge on any atom is -0.337 e. The first-order valence-corrected chi connectivity index (χ1v) is 11.7. The van der Waals surface area contributed by atoms with Crippen molar-refractivity contribution in [3.8, 4) is 0 Å². The molecule has 3 rings (SSSR count). The van der Waals surface area contributed by atoms with Crippen LogP contribution in [0.4, 0.5) is 5.69 Å². The van der Waals surface area contributed by atoms with E-state index in [1.54, 1.807) is 48.0 Å². The van der Waals surface area contributed by atoms with Crippen molar-refractivity contribution in [3.63, 3.8) is 0 Å². The molecule has 1 saturated heterocycles. The summed E-state index contributed by atoms with van der Waals surface area (Å²) < 4.78 is 26.1. The van der Waals surface area contributed by atoms with Gasteiger partial charge in [0.25, 0.3) is 5.91 Å². The zero-order chi connectivity index (χ0) is 19.4. The number of sulfonamides is 1. The molecule has 0 unspecified atom stereocenters. The Morgan fingerprint density at radius 1 is 1.15 bits per heavy atom. The van der Waals surface area contributed by atoms with Gasteiger partial charge in [0, 0.05) is 30.6 Å². The molecule has 2 aromatic rings. The highest BCUT2D eigenvalue weighted by atomic mass is 32.2. The quantitative estimate of drug-likeness (QED) is 0.715. The molecular formula is C20H24N2O3S2. The molecule has 0 aliphatic carbocycles. The number of carbonyl (C=O) groups excluding carboxylic acids is 1. The van der Waals surface area contributed by atoms with E-state index in [-0.39, 0.29) is 11.7 Å². The van der Waals surface area contributed by atoms with Crippen LogP contribution in [0, 0.1) is 0 Å². The van der Waals surface area contributed by atoms with Gasteiger partial charge in [-0.05, 0) is 55.0 Å². The Kier molecular flexibility index (Phi) is 6.11. The lowest BCUT2D eigenvalue weighted by Crippen LogP contribution is -2.38. The van der Waals surface area contributed by atoms with Gasteiger partial charge in [0.15, 0.2) is 0 Å². The maximum absolute atomic E-state index is 12.8. The highest BCUT2D eigenvalue weighted by Gasteiger charge is 2.26. The number of carbonyl (C=O) groups is 1. The van der Waals surface area contributed by atoms with E-state index >= 15 is 0 Å². The van der Waals surface area contributed by atoms with Gasteiger partial charge < -0.3 is 4.90 Å². The van der Waals surface area contributed by atoms with Crippen LogP contribution in [0.1, 0.15) is 28.8 Å². The maximum Gasteiger partial charge on any atom is 0.253 e. The third kappa shape index (κ3) is 4.65. The van der Waals surface area contributed by atoms with Crippen molar-refractivity contribution >= 4 is 33.4 Å². The highest BCUT2D eigenvalue weighted by Crippen LogP contribution is 2.25. The fraction of sp³-hybridized carbons (Fsp3) is 0.350. The number of rotatable bonds is 5. The summed E-state index contributed by atoms with van der Waals surface area (Å²) in [4.78, 5) is 15.7. The van der Waals surface area contributed by atoms with Gasteiger partial charge in [-0.25, -0.2) is 8.42 Å². The van der Waals surface area contributed by atoms with Crippen molar-refractivity contribution in [1.29, 1.82) is 0 Å². The average molecular weight is 405 g/mol. The molecule has 1 fully saturated rings. The van der Waals surface area contributed by atoms with Gasteiger partial charge in [0.1, 0.15) is 0 Å². The lowest BCUT2D eigenvalue weighted by atomic mass is 10.1. The van der Waals surface area contributed by atoms with Crippen molar-refractivity contribution in [3.05, 3.63) is 59.7 Å². The molecule has 0 aromatic heterocycles. The van der Waals surface area contributed by atoms with Crippen LogP contribution in [0.5, 0.6) is 0 Å². The molecule has 0 bridgehead atoms.